The zero-order valence-corrected chi connectivity index (χ0v) is 11.1. The third-order valence-electron chi connectivity index (χ3n) is 2.53. The summed E-state index contributed by atoms with van der Waals surface area (Å²) in [6.07, 6.45) is 1.11. The van der Waals surface area contributed by atoms with Crippen molar-refractivity contribution in [3.05, 3.63) is 23.3 Å². The Hall–Kier alpha value is -2.18. The lowest BCUT2D eigenvalue weighted by Crippen LogP contribution is -2.33. The summed E-state index contributed by atoms with van der Waals surface area (Å²) in [6.45, 7) is 6.09. The first-order chi connectivity index (χ1) is 8.76. The van der Waals surface area contributed by atoms with Crippen molar-refractivity contribution in [3.8, 4) is 0 Å². The Morgan fingerprint density at radius 2 is 2.05 bits per heavy atom. The van der Waals surface area contributed by atoms with Gasteiger partial charge in [0.1, 0.15) is 5.60 Å². The van der Waals surface area contributed by atoms with Gasteiger partial charge in [-0.2, -0.15) is 0 Å². The Morgan fingerprint density at radius 3 is 2.63 bits per heavy atom. The van der Waals surface area contributed by atoms with E-state index in [2.05, 4.69) is 9.97 Å². The maximum absolute atomic E-state index is 11.9. The highest BCUT2D eigenvalue weighted by molar-refractivity contribution is 5.88. The van der Waals surface area contributed by atoms with Gasteiger partial charge in [-0.25, -0.2) is 14.8 Å². The van der Waals surface area contributed by atoms with Crippen LogP contribution in [0.3, 0.4) is 0 Å². The molecular weight excluding hydrogens is 248 g/mol. The minimum atomic E-state index is -0.682. The van der Waals surface area contributed by atoms with Gasteiger partial charge in [0.05, 0.1) is 18.8 Å². The molecular formula is C12H16N4O3. The van der Waals surface area contributed by atoms with Crippen LogP contribution in [0.4, 0.5) is 4.79 Å². The fourth-order valence-electron chi connectivity index (χ4n) is 1.73. The van der Waals surface area contributed by atoms with Crippen LogP contribution in [0.1, 0.15) is 42.6 Å². The molecule has 0 bridgehead atoms. The molecule has 7 nitrogen and oxygen atoms in total. The SMILES string of the molecule is CC(C)(C)OC(=O)N1Cc2cnc(C(N)=O)nc2C1. The maximum Gasteiger partial charge on any atom is 0.410 e. The van der Waals surface area contributed by atoms with Crippen LogP contribution in [0, 0.1) is 0 Å². The van der Waals surface area contributed by atoms with Gasteiger partial charge in [-0.3, -0.25) is 9.69 Å². The number of hydrogen-bond acceptors (Lipinski definition) is 5. The van der Waals surface area contributed by atoms with Crippen molar-refractivity contribution in [1.29, 1.82) is 0 Å². The summed E-state index contributed by atoms with van der Waals surface area (Å²) in [5.41, 5.74) is 6.01. The lowest BCUT2D eigenvalue weighted by Gasteiger charge is -2.23. The summed E-state index contributed by atoms with van der Waals surface area (Å²) >= 11 is 0. The van der Waals surface area contributed by atoms with Crippen molar-refractivity contribution in [2.24, 2.45) is 5.73 Å². The Kier molecular flexibility index (Phi) is 3.13. The highest BCUT2D eigenvalue weighted by Gasteiger charge is 2.29. The van der Waals surface area contributed by atoms with Gasteiger partial charge in [0.15, 0.2) is 0 Å². The van der Waals surface area contributed by atoms with E-state index >= 15 is 0 Å². The third kappa shape index (κ3) is 2.98. The van der Waals surface area contributed by atoms with E-state index in [0.29, 0.717) is 18.8 Å². The molecule has 2 rings (SSSR count). The van der Waals surface area contributed by atoms with Gasteiger partial charge in [0, 0.05) is 11.8 Å². The van der Waals surface area contributed by atoms with Crippen LogP contribution < -0.4 is 5.73 Å². The van der Waals surface area contributed by atoms with Crippen molar-refractivity contribution in [2.75, 3.05) is 0 Å². The molecule has 1 aromatic rings. The number of fused-ring (bicyclic) bond motifs is 1. The van der Waals surface area contributed by atoms with E-state index in [9.17, 15) is 9.59 Å². The van der Waals surface area contributed by atoms with Crippen molar-refractivity contribution < 1.29 is 14.3 Å². The zero-order chi connectivity index (χ0) is 14.2. The summed E-state index contributed by atoms with van der Waals surface area (Å²) in [7, 11) is 0. The van der Waals surface area contributed by atoms with E-state index in [4.69, 9.17) is 10.5 Å². The second kappa shape index (κ2) is 4.49. The first-order valence-corrected chi connectivity index (χ1v) is 5.89. The number of carbonyl (C=O) groups is 2. The summed E-state index contributed by atoms with van der Waals surface area (Å²) in [5.74, 6) is -0.719. The molecule has 2 heterocycles. The minimum Gasteiger partial charge on any atom is -0.444 e. The normalized spacial score (nSPS) is 14.2. The average molecular weight is 264 g/mol. The number of rotatable bonds is 1. The summed E-state index contributed by atoms with van der Waals surface area (Å²) in [5, 5.41) is 0. The molecule has 0 spiro atoms. The maximum atomic E-state index is 11.9. The molecule has 1 aliphatic heterocycles. The second-order valence-electron chi connectivity index (χ2n) is 5.37. The van der Waals surface area contributed by atoms with Gasteiger partial charge in [0.25, 0.3) is 5.91 Å². The predicted octanol–water partition coefficient (Wildman–Crippen LogP) is 0.826. The van der Waals surface area contributed by atoms with Gasteiger partial charge < -0.3 is 10.5 Å². The number of nitrogens with two attached hydrogens (primary N) is 1. The molecule has 7 heteroatoms. The predicted molar refractivity (Wildman–Crippen MR) is 66.0 cm³/mol. The van der Waals surface area contributed by atoms with Crippen LogP contribution in [0.2, 0.25) is 0 Å². The molecule has 0 saturated carbocycles. The molecule has 1 aromatic heterocycles. The van der Waals surface area contributed by atoms with Gasteiger partial charge in [-0.05, 0) is 20.8 Å². The molecule has 0 radical (unpaired) electrons. The van der Waals surface area contributed by atoms with Gasteiger partial charge in [-0.1, -0.05) is 0 Å². The lowest BCUT2D eigenvalue weighted by atomic mass is 10.2. The lowest BCUT2D eigenvalue weighted by molar-refractivity contribution is 0.0240. The van der Waals surface area contributed by atoms with E-state index in [-0.39, 0.29) is 5.82 Å². The van der Waals surface area contributed by atoms with Crippen LogP contribution in [-0.2, 0) is 17.8 Å². The van der Waals surface area contributed by atoms with Crippen molar-refractivity contribution in [3.63, 3.8) is 0 Å². The molecule has 2 amide bonds. The van der Waals surface area contributed by atoms with Crippen LogP contribution in [0.25, 0.3) is 0 Å². The Balaban J connectivity index is 2.12. The Bertz CT molecular complexity index is 536. The fourth-order valence-corrected chi connectivity index (χ4v) is 1.73. The summed E-state index contributed by atoms with van der Waals surface area (Å²) < 4.78 is 5.28. The van der Waals surface area contributed by atoms with Crippen LogP contribution in [0.5, 0.6) is 0 Å². The highest BCUT2D eigenvalue weighted by atomic mass is 16.6. The Morgan fingerprint density at radius 1 is 1.37 bits per heavy atom. The van der Waals surface area contributed by atoms with Crippen molar-refractivity contribution in [1.82, 2.24) is 14.9 Å². The van der Waals surface area contributed by atoms with E-state index < -0.39 is 17.6 Å². The first kappa shape index (κ1) is 13.3. The molecule has 0 atom stereocenters. The smallest absolute Gasteiger partial charge is 0.410 e. The Labute approximate surface area is 110 Å². The van der Waals surface area contributed by atoms with Crippen LogP contribution >= 0.6 is 0 Å². The monoisotopic (exact) mass is 264 g/mol. The molecule has 0 aliphatic carbocycles. The zero-order valence-electron chi connectivity index (χ0n) is 11.1. The van der Waals surface area contributed by atoms with Gasteiger partial charge >= 0.3 is 6.09 Å². The number of ether oxygens (including phenoxy) is 1. The highest BCUT2D eigenvalue weighted by Crippen LogP contribution is 2.22. The number of primary amides is 1. The molecule has 0 aromatic carbocycles. The largest absolute Gasteiger partial charge is 0.444 e. The number of aromatic nitrogens is 2. The topological polar surface area (TPSA) is 98.4 Å². The number of carbonyl (C=O) groups excluding carboxylic acids is 2. The van der Waals surface area contributed by atoms with Gasteiger partial charge in [0.2, 0.25) is 5.82 Å². The standard InChI is InChI=1S/C12H16N4O3/c1-12(2,3)19-11(18)16-5-7-4-14-10(9(13)17)15-8(7)6-16/h4H,5-6H2,1-3H3,(H2,13,17). The van der Waals surface area contributed by atoms with Crippen molar-refractivity contribution >= 4 is 12.0 Å². The molecule has 0 saturated heterocycles. The molecule has 0 fully saturated rings. The summed E-state index contributed by atoms with van der Waals surface area (Å²) in [4.78, 5) is 32.3. The number of hydrogen-bond donors (Lipinski definition) is 1. The molecule has 19 heavy (non-hydrogen) atoms. The first-order valence-electron chi connectivity index (χ1n) is 5.89. The van der Waals surface area contributed by atoms with E-state index in [0.717, 1.165) is 5.56 Å². The number of amides is 2. The summed E-state index contributed by atoms with van der Waals surface area (Å²) in [6, 6.07) is 0. The third-order valence-corrected chi connectivity index (χ3v) is 2.53. The fraction of sp³-hybridized carbons (Fsp3) is 0.500. The molecule has 1 aliphatic rings. The molecule has 2 N–H and O–H groups in total. The molecule has 102 valence electrons. The number of nitrogens with zero attached hydrogens (tertiary/aromatic N) is 3. The van der Waals surface area contributed by atoms with Gasteiger partial charge in [-0.15, -0.1) is 0 Å². The van der Waals surface area contributed by atoms with Crippen LogP contribution in [0.15, 0.2) is 6.20 Å². The van der Waals surface area contributed by atoms with E-state index in [1.807, 2.05) is 0 Å². The van der Waals surface area contributed by atoms with E-state index in [1.54, 1.807) is 20.8 Å². The van der Waals surface area contributed by atoms with E-state index in [1.165, 1.54) is 11.1 Å². The van der Waals surface area contributed by atoms with Crippen molar-refractivity contribution in [2.45, 2.75) is 39.5 Å². The minimum absolute atomic E-state index is 0.0372. The second-order valence-corrected chi connectivity index (χ2v) is 5.37. The van der Waals surface area contributed by atoms with Crippen LogP contribution in [-0.4, -0.2) is 32.5 Å². The average Bonchev–Trinajstić information content (AvgIpc) is 2.68. The quantitative estimate of drug-likeness (QED) is 0.809. The molecule has 0 unspecified atom stereocenters.